The van der Waals surface area contributed by atoms with Gasteiger partial charge in [-0.2, -0.15) is 0 Å². The van der Waals surface area contributed by atoms with E-state index in [1.54, 1.807) is 18.2 Å². The highest BCUT2D eigenvalue weighted by Crippen LogP contribution is 2.22. The van der Waals surface area contributed by atoms with Gasteiger partial charge in [-0.3, -0.25) is 9.79 Å². The quantitative estimate of drug-likeness (QED) is 0.744. The number of methoxy groups -OCH3 is 1. The smallest absolute Gasteiger partial charge is 0.337 e. The number of benzene rings is 1. The number of carbonyl (C=O) groups excluding carboxylic acids is 2. The summed E-state index contributed by atoms with van der Waals surface area (Å²) in [6.07, 6.45) is 2.90. The molecule has 0 amide bonds. The minimum Gasteiger partial charge on any atom is -0.465 e. The second kappa shape index (κ2) is 4.96. The van der Waals surface area contributed by atoms with Crippen molar-refractivity contribution in [2.24, 2.45) is 4.99 Å². The van der Waals surface area contributed by atoms with E-state index < -0.39 is 0 Å². The molecule has 18 heavy (non-hydrogen) atoms. The summed E-state index contributed by atoms with van der Waals surface area (Å²) >= 11 is 0. The van der Waals surface area contributed by atoms with Crippen LogP contribution in [0.3, 0.4) is 0 Å². The topological polar surface area (TPSA) is 55.7 Å². The van der Waals surface area contributed by atoms with Crippen LogP contribution in [-0.2, 0) is 9.53 Å². The minimum absolute atomic E-state index is 0.104. The third-order valence-electron chi connectivity index (χ3n) is 2.79. The van der Waals surface area contributed by atoms with Gasteiger partial charge < -0.3 is 4.74 Å². The lowest BCUT2D eigenvalue weighted by molar-refractivity contribution is -0.108. The van der Waals surface area contributed by atoms with Crippen LogP contribution in [0.15, 0.2) is 29.3 Å². The average Bonchev–Trinajstić information content (AvgIpc) is 2.37. The lowest BCUT2D eigenvalue weighted by atomic mass is 9.96. The lowest BCUT2D eigenvalue weighted by Gasteiger charge is -2.11. The van der Waals surface area contributed by atoms with Crippen LogP contribution in [0.25, 0.3) is 5.57 Å². The molecule has 0 atom stereocenters. The van der Waals surface area contributed by atoms with Crippen molar-refractivity contribution < 1.29 is 14.3 Å². The molecule has 0 radical (unpaired) electrons. The van der Waals surface area contributed by atoms with E-state index in [2.05, 4.69) is 9.73 Å². The predicted molar refractivity (Wildman–Crippen MR) is 68.9 cm³/mol. The molecule has 1 aromatic carbocycles. The van der Waals surface area contributed by atoms with E-state index in [9.17, 15) is 9.59 Å². The van der Waals surface area contributed by atoms with Gasteiger partial charge in [-0.25, -0.2) is 4.79 Å². The molecule has 0 saturated heterocycles. The Morgan fingerprint density at radius 3 is 2.78 bits per heavy atom. The molecule has 1 aliphatic rings. The zero-order chi connectivity index (χ0) is 13.1. The standard InChI is InChI=1S/C14H13NO3/c1-9-5-10(14(17)18-2)3-4-13(9)11-6-12(16)8-15-7-11/h3-6,8H,7H2,1-2H3. The summed E-state index contributed by atoms with van der Waals surface area (Å²) in [6.45, 7) is 2.38. The molecule has 92 valence electrons. The van der Waals surface area contributed by atoms with Crippen LogP contribution in [0.5, 0.6) is 0 Å². The Bertz CT molecular complexity index is 570. The highest BCUT2D eigenvalue weighted by atomic mass is 16.5. The van der Waals surface area contributed by atoms with Crippen LogP contribution < -0.4 is 0 Å². The summed E-state index contributed by atoms with van der Waals surface area (Å²) < 4.78 is 4.66. The molecule has 0 spiro atoms. The van der Waals surface area contributed by atoms with Crippen molar-refractivity contribution in [3.63, 3.8) is 0 Å². The Labute approximate surface area is 105 Å². The van der Waals surface area contributed by atoms with Gasteiger partial charge in [0.2, 0.25) is 0 Å². The first-order chi connectivity index (χ1) is 8.61. The molecule has 0 unspecified atom stereocenters. The molecule has 0 aliphatic carbocycles. The number of aliphatic imine (C=N–C) groups is 1. The lowest BCUT2D eigenvalue weighted by Crippen LogP contribution is -2.07. The highest BCUT2D eigenvalue weighted by Gasteiger charge is 2.12. The molecule has 1 aromatic rings. The summed E-state index contributed by atoms with van der Waals surface area (Å²) in [7, 11) is 1.35. The van der Waals surface area contributed by atoms with Crippen LogP contribution in [-0.4, -0.2) is 31.6 Å². The number of rotatable bonds is 2. The van der Waals surface area contributed by atoms with Crippen LogP contribution in [0.4, 0.5) is 0 Å². The van der Waals surface area contributed by atoms with Crippen molar-refractivity contribution in [1.29, 1.82) is 0 Å². The summed E-state index contributed by atoms with van der Waals surface area (Å²) in [5.74, 6) is -0.468. The molecule has 0 aromatic heterocycles. The van der Waals surface area contributed by atoms with Gasteiger partial charge in [0.1, 0.15) is 0 Å². The number of carbonyl (C=O) groups is 2. The fraction of sp³-hybridized carbons (Fsp3) is 0.214. The largest absolute Gasteiger partial charge is 0.465 e. The monoisotopic (exact) mass is 243 g/mol. The van der Waals surface area contributed by atoms with Gasteiger partial charge in [0, 0.05) is 0 Å². The molecule has 4 nitrogen and oxygen atoms in total. The van der Waals surface area contributed by atoms with Gasteiger partial charge in [-0.1, -0.05) is 6.07 Å². The maximum absolute atomic E-state index is 11.4. The Morgan fingerprint density at radius 2 is 2.17 bits per heavy atom. The fourth-order valence-electron chi connectivity index (χ4n) is 1.92. The zero-order valence-corrected chi connectivity index (χ0v) is 10.3. The van der Waals surface area contributed by atoms with Crippen molar-refractivity contribution in [2.45, 2.75) is 6.92 Å². The summed E-state index contributed by atoms with van der Waals surface area (Å²) in [6, 6.07) is 5.27. The molecular weight excluding hydrogens is 230 g/mol. The van der Waals surface area contributed by atoms with Crippen molar-refractivity contribution in [3.05, 3.63) is 41.0 Å². The van der Waals surface area contributed by atoms with Gasteiger partial charge in [0.05, 0.1) is 25.4 Å². The van der Waals surface area contributed by atoms with E-state index in [-0.39, 0.29) is 11.8 Å². The minimum atomic E-state index is -0.364. The average molecular weight is 243 g/mol. The molecule has 0 bridgehead atoms. The van der Waals surface area contributed by atoms with Crippen molar-refractivity contribution in [2.75, 3.05) is 13.7 Å². The third-order valence-corrected chi connectivity index (χ3v) is 2.79. The number of aryl methyl sites for hydroxylation is 1. The number of hydrogen-bond acceptors (Lipinski definition) is 4. The van der Waals surface area contributed by atoms with Gasteiger partial charge in [0.25, 0.3) is 0 Å². The van der Waals surface area contributed by atoms with Crippen molar-refractivity contribution >= 4 is 23.5 Å². The maximum Gasteiger partial charge on any atom is 0.337 e. The molecule has 2 rings (SSSR count). The Kier molecular flexibility index (Phi) is 3.37. The fourth-order valence-corrected chi connectivity index (χ4v) is 1.92. The number of dihydropyridines is 1. The summed E-state index contributed by atoms with van der Waals surface area (Å²) in [5.41, 5.74) is 3.24. The zero-order valence-electron chi connectivity index (χ0n) is 10.3. The van der Waals surface area contributed by atoms with Gasteiger partial charge in [-0.15, -0.1) is 0 Å². The first-order valence-electron chi connectivity index (χ1n) is 5.55. The van der Waals surface area contributed by atoms with E-state index in [0.717, 1.165) is 16.7 Å². The van der Waals surface area contributed by atoms with E-state index in [4.69, 9.17) is 0 Å². The third kappa shape index (κ3) is 2.37. The van der Waals surface area contributed by atoms with E-state index in [1.165, 1.54) is 13.3 Å². The molecule has 0 N–H and O–H groups in total. The van der Waals surface area contributed by atoms with Crippen LogP contribution in [0.1, 0.15) is 21.5 Å². The highest BCUT2D eigenvalue weighted by molar-refractivity contribution is 6.35. The first kappa shape index (κ1) is 12.2. The SMILES string of the molecule is COC(=O)c1ccc(C2=CC(=O)C=NC2)c(C)c1. The second-order valence-electron chi connectivity index (χ2n) is 4.06. The van der Waals surface area contributed by atoms with E-state index in [1.807, 2.05) is 13.0 Å². The number of esters is 1. The van der Waals surface area contributed by atoms with Crippen molar-refractivity contribution in [1.82, 2.24) is 0 Å². The normalized spacial score (nSPS) is 14.3. The molecule has 4 heteroatoms. The number of hydrogen-bond donors (Lipinski definition) is 0. The van der Waals surface area contributed by atoms with E-state index in [0.29, 0.717) is 12.1 Å². The Morgan fingerprint density at radius 1 is 1.39 bits per heavy atom. The van der Waals surface area contributed by atoms with Gasteiger partial charge >= 0.3 is 5.97 Å². The number of ether oxygens (including phenoxy) is 1. The van der Waals surface area contributed by atoms with Crippen LogP contribution >= 0.6 is 0 Å². The van der Waals surface area contributed by atoms with Gasteiger partial charge in [-0.05, 0) is 41.8 Å². The molecule has 0 saturated carbocycles. The number of allylic oxidation sites excluding steroid dienone is 1. The van der Waals surface area contributed by atoms with Crippen LogP contribution in [0.2, 0.25) is 0 Å². The molecule has 1 aliphatic heterocycles. The molecular formula is C14H13NO3. The van der Waals surface area contributed by atoms with E-state index >= 15 is 0 Å². The summed E-state index contributed by atoms with van der Waals surface area (Å²) in [5, 5.41) is 0. The second-order valence-corrected chi connectivity index (χ2v) is 4.06. The Hall–Kier alpha value is -2.23. The predicted octanol–water partition coefficient (Wildman–Crippen LogP) is 1.82. The van der Waals surface area contributed by atoms with Crippen molar-refractivity contribution in [3.8, 4) is 0 Å². The number of ketones is 1. The Balaban J connectivity index is 2.36. The van der Waals surface area contributed by atoms with Crippen LogP contribution in [0, 0.1) is 6.92 Å². The number of nitrogens with zero attached hydrogens (tertiary/aromatic N) is 1. The molecule has 1 heterocycles. The van der Waals surface area contributed by atoms with Gasteiger partial charge in [0.15, 0.2) is 5.78 Å². The summed E-state index contributed by atoms with van der Waals surface area (Å²) in [4.78, 5) is 26.7. The molecule has 0 fully saturated rings. The first-order valence-corrected chi connectivity index (χ1v) is 5.55. The maximum atomic E-state index is 11.4.